The molecule has 0 radical (unpaired) electrons. The Labute approximate surface area is 115 Å². The summed E-state index contributed by atoms with van der Waals surface area (Å²) in [7, 11) is 0. The summed E-state index contributed by atoms with van der Waals surface area (Å²) in [6.07, 6.45) is 1.98. The van der Waals surface area contributed by atoms with E-state index in [-0.39, 0.29) is 11.4 Å². The highest BCUT2D eigenvalue weighted by Gasteiger charge is 2.28. The minimum atomic E-state index is -0.0704. The van der Waals surface area contributed by atoms with E-state index in [9.17, 15) is 4.79 Å². The van der Waals surface area contributed by atoms with Crippen molar-refractivity contribution in [1.29, 1.82) is 0 Å². The van der Waals surface area contributed by atoms with Gasteiger partial charge in [0.2, 0.25) is 0 Å². The van der Waals surface area contributed by atoms with Crippen LogP contribution < -0.4 is 10.6 Å². The van der Waals surface area contributed by atoms with Gasteiger partial charge in [0.05, 0.1) is 0 Å². The lowest BCUT2D eigenvalue weighted by Crippen LogP contribution is -2.52. The van der Waals surface area contributed by atoms with E-state index in [1.54, 1.807) is 0 Å². The second-order valence-electron chi connectivity index (χ2n) is 6.04. The van der Waals surface area contributed by atoms with Crippen LogP contribution in [-0.2, 0) is 0 Å². The summed E-state index contributed by atoms with van der Waals surface area (Å²) in [4.78, 5) is 12.3. The average Bonchev–Trinajstić information content (AvgIpc) is 2.39. The Balaban J connectivity index is 2.03. The smallest absolute Gasteiger partial charge is 0.251 e. The third-order valence-corrected chi connectivity index (χ3v) is 3.96. The summed E-state index contributed by atoms with van der Waals surface area (Å²) < 4.78 is 0. The first-order valence-electron chi connectivity index (χ1n) is 7.13. The summed E-state index contributed by atoms with van der Waals surface area (Å²) in [6, 6.07) is 7.94. The third-order valence-electron chi connectivity index (χ3n) is 3.96. The molecule has 0 spiro atoms. The Hall–Kier alpha value is -1.35. The van der Waals surface area contributed by atoms with Crippen LogP contribution in [0.5, 0.6) is 0 Å². The molecule has 1 aliphatic rings. The van der Waals surface area contributed by atoms with Crippen LogP contribution in [0, 0.1) is 0 Å². The van der Waals surface area contributed by atoms with E-state index < -0.39 is 0 Å². The van der Waals surface area contributed by atoms with Gasteiger partial charge in [-0.3, -0.25) is 4.79 Å². The highest BCUT2D eigenvalue weighted by atomic mass is 16.1. The highest BCUT2D eigenvalue weighted by molar-refractivity contribution is 5.94. The first kappa shape index (κ1) is 14.1. The zero-order valence-electron chi connectivity index (χ0n) is 12.1. The molecule has 0 bridgehead atoms. The Bertz CT molecular complexity index is 431. The third kappa shape index (κ3) is 3.57. The molecule has 1 amide bonds. The van der Waals surface area contributed by atoms with Gasteiger partial charge in [-0.25, -0.2) is 0 Å². The van der Waals surface area contributed by atoms with Gasteiger partial charge in [0.15, 0.2) is 0 Å². The van der Waals surface area contributed by atoms with E-state index in [0.717, 1.165) is 31.5 Å². The number of nitrogens with one attached hydrogen (secondary N) is 2. The number of hydrogen-bond donors (Lipinski definition) is 2. The summed E-state index contributed by atoms with van der Waals surface area (Å²) >= 11 is 0. The molecule has 0 aromatic heterocycles. The average molecular weight is 260 g/mol. The normalized spacial score (nSPS) is 18.3. The van der Waals surface area contributed by atoms with Gasteiger partial charge in [-0.2, -0.15) is 0 Å². The van der Waals surface area contributed by atoms with Crippen molar-refractivity contribution in [2.45, 2.75) is 45.1 Å². The maximum Gasteiger partial charge on any atom is 0.251 e. The zero-order chi connectivity index (χ0) is 13.9. The van der Waals surface area contributed by atoms with E-state index in [1.807, 2.05) is 24.3 Å². The molecule has 3 heteroatoms. The van der Waals surface area contributed by atoms with E-state index >= 15 is 0 Å². The second-order valence-corrected chi connectivity index (χ2v) is 6.04. The molecule has 1 saturated heterocycles. The predicted molar refractivity (Wildman–Crippen MR) is 78.5 cm³/mol. The molecule has 0 aliphatic carbocycles. The molecule has 104 valence electrons. The second kappa shape index (κ2) is 5.74. The predicted octanol–water partition coefficient (Wildman–Crippen LogP) is 2.68. The Morgan fingerprint density at radius 2 is 1.79 bits per heavy atom. The number of carbonyl (C=O) groups is 1. The molecule has 1 fully saturated rings. The molecular weight excluding hydrogens is 236 g/mol. The molecule has 0 atom stereocenters. The highest BCUT2D eigenvalue weighted by Crippen LogP contribution is 2.19. The Morgan fingerprint density at radius 1 is 1.21 bits per heavy atom. The van der Waals surface area contributed by atoms with Crippen molar-refractivity contribution in [3.63, 3.8) is 0 Å². The van der Waals surface area contributed by atoms with Crippen molar-refractivity contribution in [2.24, 2.45) is 0 Å². The number of hydrogen-bond acceptors (Lipinski definition) is 2. The maximum atomic E-state index is 12.3. The monoisotopic (exact) mass is 260 g/mol. The quantitative estimate of drug-likeness (QED) is 0.877. The van der Waals surface area contributed by atoms with Crippen molar-refractivity contribution in [2.75, 3.05) is 13.1 Å². The van der Waals surface area contributed by atoms with Gasteiger partial charge in [-0.1, -0.05) is 26.0 Å². The number of rotatable bonds is 3. The van der Waals surface area contributed by atoms with Gasteiger partial charge in [-0.05, 0) is 56.5 Å². The molecule has 3 nitrogen and oxygen atoms in total. The SMILES string of the molecule is CC(C)c1ccc(C(=O)NC2(C)CCNCC2)cc1. The Kier molecular flexibility index (Phi) is 4.25. The Morgan fingerprint density at radius 3 is 2.32 bits per heavy atom. The van der Waals surface area contributed by atoms with Gasteiger partial charge in [-0.15, -0.1) is 0 Å². The molecule has 1 aliphatic heterocycles. The van der Waals surface area contributed by atoms with Crippen molar-refractivity contribution >= 4 is 5.91 Å². The lowest BCUT2D eigenvalue weighted by molar-refractivity contribution is 0.0887. The lowest BCUT2D eigenvalue weighted by atomic mass is 9.90. The molecule has 19 heavy (non-hydrogen) atoms. The van der Waals surface area contributed by atoms with Gasteiger partial charge >= 0.3 is 0 Å². The van der Waals surface area contributed by atoms with Crippen LogP contribution in [0.1, 0.15) is 55.5 Å². The fourth-order valence-electron chi connectivity index (χ4n) is 2.47. The maximum absolute atomic E-state index is 12.3. The summed E-state index contributed by atoms with van der Waals surface area (Å²) in [6.45, 7) is 8.40. The van der Waals surface area contributed by atoms with Crippen molar-refractivity contribution in [3.8, 4) is 0 Å². The topological polar surface area (TPSA) is 41.1 Å². The molecular formula is C16H24N2O. The largest absolute Gasteiger partial charge is 0.347 e. The van der Waals surface area contributed by atoms with Gasteiger partial charge in [0.25, 0.3) is 5.91 Å². The molecule has 2 rings (SSSR count). The van der Waals surface area contributed by atoms with E-state index in [1.165, 1.54) is 5.56 Å². The number of benzene rings is 1. The minimum Gasteiger partial charge on any atom is -0.347 e. The van der Waals surface area contributed by atoms with Crippen molar-refractivity contribution in [3.05, 3.63) is 35.4 Å². The molecule has 0 saturated carbocycles. The standard InChI is InChI=1S/C16H24N2O/c1-12(2)13-4-6-14(7-5-13)15(19)18-16(3)8-10-17-11-9-16/h4-7,12,17H,8-11H2,1-3H3,(H,18,19). The lowest BCUT2D eigenvalue weighted by Gasteiger charge is -2.35. The van der Waals surface area contributed by atoms with E-state index in [2.05, 4.69) is 31.4 Å². The molecule has 2 N–H and O–H groups in total. The van der Waals surface area contributed by atoms with Crippen LogP contribution in [0.2, 0.25) is 0 Å². The molecule has 1 heterocycles. The van der Waals surface area contributed by atoms with Gasteiger partial charge < -0.3 is 10.6 Å². The molecule has 1 aromatic carbocycles. The number of carbonyl (C=O) groups excluding carboxylic acids is 1. The van der Waals surface area contributed by atoms with Crippen LogP contribution in [-0.4, -0.2) is 24.5 Å². The minimum absolute atomic E-state index is 0.0414. The number of amides is 1. The van der Waals surface area contributed by atoms with Crippen molar-refractivity contribution in [1.82, 2.24) is 10.6 Å². The molecule has 0 unspecified atom stereocenters. The molecule has 1 aromatic rings. The summed E-state index contributed by atoms with van der Waals surface area (Å²) in [5.74, 6) is 0.541. The zero-order valence-corrected chi connectivity index (χ0v) is 12.1. The van der Waals surface area contributed by atoms with Crippen molar-refractivity contribution < 1.29 is 4.79 Å². The van der Waals surface area contributed by atoms with E-state index in [0.29, 0.717) is 5.92 Å². The first-order valence-corrected chi connectivity index (χ1v) is 7.13. The fourth-order valence-corrected chi connectivity index (χ4v) is 2.47. The number of piperidine rings is 1. The van der Waals surface area contributed by atoms with Crippen LogP contribution in [0.25, 0.3) is 0 Å². The summed E-state index contributed by atoms with van der Waals surface area (Å²) in [5.41, 5.74) is 1.95. The van der Waals surface area contributed by atoms with Gasteiger partial charge in [0.1, 0.15) is 0 Å². The van der Waals surface area contributed by atoms with Crippen LogP contribution in [0.15, 0.2) is 24.3 Å². The van der Waals surface area contributed by atoms with E-state index in [4.69, 9.17) is 0 Å². The van der Waals surface area contributed by atoms with Crippen LogP contribution in [0.4, 0.5) is 0 Å². The van der Waals surface area contributed by atoms with Gasteiger partial charge in [0, 0.05) is 11.1 Å². The first-order chi connectivity index (χ1) is 9.00. The summed E-state index contributed by atoms with van der Waals surface area (Å²) in [5, 5.41) is 6.50. The van der Waals surface area contributed by atoms with Crippen LogP contribution in [0.3, 0.4) is 0 Å². The fraction of sp³-hybridized carbons (Fsp3) is 0.562. The van der Waals surface area contributed by atoms with Crippen LogP contribution >= 0.6 is 0 Å².